The minimum Gasteiger partial charge on any atom is -0.389 e. The molecule has 2 aromatic rings. The van der Waals surface area contributed by atoms with Crippen LogP contribution >= 0.6 is 28.1 Å². The minimum absolute atomic E-state index is 0.0593. The van der Waals surface area contributed by atoms with Crippen LogP contribution in [-0.4, -0.2) is 28.4 Å². The number of nitrogens with zero attached hydrogens (tertiary/aromatic N) is 3. The van der Waals surface area contributed by atoms with E-state index in [1.165, 1.54) is 7.05 Å². The molecule has 1 aromatic carbocycles. The van der Waals surface area contributed by atoms with Crippen LogP contribution in [0.2, 0.25) is 0 Å². The van der Waals surface area contributed by atoms with Crippen LogP contribution in [0.1, 0.15) is 5.56 Å². The van der Waals surface area contributed by atoms with Gasteiger partial charge in [0.05, 0.1) is 0 Å². The second-order valence-electron chi connectivity index (χ2n) is 3.86. The molecule has 0 atom stereocenters. The Kier molecular flexibility index (Phi) is 4.06. The first kappa shape index (κ1) is 14.9. The van der Waals surface area contributed by atoms with Crippen LogP contribution in [0.25, 0.3) is 0 Å². The van der Waals surface area contributed by atoms with Crippen molar-refractivity contribution in [2.45, 2.75) is 5.03 Å². The van der Waals surface area contributed by atoms with Gasteiger partial charge in [-0.1, -0.05) is 17.4 Å². The van der Waals surface area contributed by atoms with Gasteiger partial charge in [0.25, 0.3) is 10.0 Å². The summed E-state index contributed by atoms with van der Waals surface area (Å²) in [6, 6.07) is 6.42. The van der Waals surface area contributed by atoms with E-state index in [0.717, 1.165) is 4.68 Å². The Labute approximate surface area is 129 Å². The fourth-order valence-corrected chi connectivity index (χ4v) is 3.81. The number of hydrogen-bond acceptors (Lipinski definition) is 5. The molecule has 2 rings (SSSR count). The van der Waals surface area contributed by atoms with Gasteiger partial charge in [-0.25, -0.2) is 4.68 Å². The number of aryl methyl sites for hydroxylation is 1. The molecule has 0 saturated carbocycles. The summed E-state index contributed by atoms with van der Waals surface area (Å²) in [5.74, 6) is 0. The number of nitrogens with two attached hydrogens (primary N) is 1. The third kappa shape index (κ3) is 2.97. The number of sulfonamides is 1. The number of hydrogen-bond donors (Lipinski definition) is 2. The predicted molar refractivity (Wildman–Crippen MR) is 81.8 cm³/mol. The molecular formula is C10H10BrN5O2S2. The largest absolute Gasteiger partial charge is 0.389 e. The average Bonchev–Trinajstić information content (AvgIpc) is 2.69. The van der Waals surface area contributed by atoms with E-state index < -0.39 is 10.0 Å². The van der Waals surface area contributed by atoms with E-state index in [9.17, 15) is 8.42 Å². The predicted octanol–water partition coefficient (Wildman–Crippen LogP) is 1.01. The second-order valence-corrected chi connectivity index (χ2v) is 6.64. The average molecular weight is 376 g/mol. The maximum atomic E-state index is 12.2. The monoisotopic (exact) mass is 375 g/mol. The highest BCUT2D eigenvalue weighted by Crippen LogP contribution is 2.21. The van der Waals surface area contributed by atoms with Gasteiger partial charge in [-0.05, 0) is 40.2 Å². The molecule has 0 bridgehead atoms. The van der Waals surface area contributed by atoms with Gasteiger partial charge in [0, 0.05) is 18.3 Å². The lowest BCUT2D eigenvalue weighted by Crippen LogP contribution is -2.17. The van der Waals surface area contributed by atoms with Gasteiger partial charge >= 0.3 is 0 Å². The molecule has 20 heavy (non-hydrogen) atoms. The number of thiocarbonyl (C=S) groups is 1. The molecular weight excluding hydrogens is 366 g/mol. The Bertz CT molecular complexity index is 735. The summed E-state index contributed by atoms with van der Waals surface area (Å²) >= 11 is 7.88. The van der Waals surface area contributed by atoms with Crippen molar-refractivity contribution in [2.24, 2.45) is 12.8 Å². The molecule has 0 amide bonds. The fraction of sp³-hybridized carbons (Fsp3) is 0.100. The summed E-state index contributed by atoms with van der Waals surface area (Å²) in [7, 11) is -2.30. The Morgan fingerprint density at radius 2 is 2.00 bits per heavy atom. The maximum Gasteiger partial charge on any atom is 0.281 e. The first-order valence-electron chi connectivity index (χ1n) is 5.29. The molecule has 0 fully saturated rings. The van der Waals surface area contributed by atoms with Crippen LogP contribution in [-0.2, 0) is 17.1 Å². The molecule has 0 spiro atoms. The Morgan fingerprint density at radius 1 is 1.40 bits per heavy atom. The van der Waals surface area contributed by atoms with Gasteiger partial charge in [-0.2, -0.15) is 8.42 Å². The zero-order chi connectivity index (χ0) is 14.9. The van der Waals surface area contributed by atoms with E-state index in [1.54, 1.807) is 24.3 Å². The van der Waals surface area contributed by atoms with Gasteiger partial charge in [0.2, 0.25) is 5.03 Å². The molecule has 0 unspecified atom stereocenters. The standard InChI is InChI=1S/C10H10BrN5O2S2/c1-16-10(8(11)13-15-16)20(17,18)14-7-4-2-6(3-5-7)9(12)19/h2-5,14H,1H3,(H2,12,19). The fourth-order valence-electron chi connectivity index (χ4n) is 1.51. The highest BCUT2D eigenvalue weighted by Gasteiger charge is 2.23. The van der Waals surface area contributed by atoms with Crippen LogP contribution in [0.3, 0.4) is 0 Å². The summed E-state index contributed by atoms with van der Waals surface area (Å²) < 4.78 is 28.2. The molecule has 10 heteroatoms. The Balaban J connectivity index is 2.31. The van der Waals surface area contributed by atoms with Crippen molar-refractivity contribution >= 4 is 48.8 Å². The molecule has 1 aromatic heterocycles. The second kappa shape index (κ2) is 5.46. The van der Waals surface area contributed by atoms with Crippen molar-refractivity contribution in [1.29, 1.82) is 0 Å². The highest BCUT2D eigenvalue weighted by molar-refractivity contribution is 9.10. The SMILES string of the molecule is Cn1nnc(Br)c1S(=O)(=O)Nc1ccc(C(N)=S)cc1. The molecule has 0 aliphatic rings. The summed E-state index contributed by atoms with van der Waals surface area (Å²) in [6.45, 7) is 0. The molecule has 106 valence electrons. The Morgan fingerprint density at radius 3 is 2.45 bits per heavy atom. The maximum absolute atomic E-state index is 12.2. The minimum atomic E-state index is -3.79. The molecule has 7 nitrogen and oxygen atoms in total. The van der Waals surface area contributed by atoms with Gasteiger partial charge in [0.1, 0.15) is 4.99 Å². The van der Waals surface area contributed by atoms with Crippen LogP contribution in [0.4, 0.5) is 5.69 Å². The number of aromatic nitrogens is 3. The number of nitrogens with one attached hydrogen (secondary N) is 1. The number of anilines is 1. The topological polar surface area (TPSA) is 103 Å². The third-order valence-electron chi connectivity index (χ3n) is 2.41. The quantitative estimate of drug-likeness (QED) is 0.773. The van der Waals surface area contributed by atoms with Crippen LogP contribution in [0, 0.1) is 0 Å². The summed E-state index contributed by atoms with van der Waals surface area (Å²) in [6.07, 6.45) is 0. The number of halogens is 1. The van der Waals surface area contributed by atoms with E-state index in [4.69, 9.17) is 18.0 Å². The van der Waals surface area contributed by atoms with Crippen molar-refractivity contribution < 1.29 is 8.42 Å². The Hall–Kier alpha value is -1.52. The zero-order valence-electron chi connectivity index (χ0n) is 10.2. The van der Waals surface area contributed by atoms with E-state index in [0.29, 0.717) is 11.3 Å². The van der Waals surface area contributed by atoms with Gasteiger partial charge in [-0.3, -0.25) is 4.72 Å². The summed E-state index contributed by atoms with van der Waals surface area (Å²) in [5.41, 5.74) is 6.52. The van der Waals surface area contributed by atoms with Crippen molar-refractivity contribution in [2.75, 3.05) is 4.72 Å². The molecule has 1 heterocycles. The van der Waals surface area contributed by atoms with Gasteiger partial charge < -0.3 is 5.73 Å². The first-order chi connectivity index (χ1) is 9.31. The van der Waals surface area contributed by atoms with Crippen LogP contribution < -0.4 is 10.5 Å². The highest BCUT2D eigenvalue weighted by atomic mass is 79.9. The normalized spacial score (nSPS) is 11.3. The smallest absolute Gasteiger partial charge is 0.281 e. The first-order valence-corrected chi connectivity index (χ1v) is 7.97. The molecule has 0 aliphatic heterocycles. The lowest BCUT2D eigenvalue weighted by molar-refractivity contribution is 0.578. The van der Waals surface area contributed by atoms with Gasteiger partial charge in [-0.15, -0.1) is 5.10 Å². The zero-order valence-corrected chi connectivity index (χ0v) is 13.5. The van der Waals surface area contributed by atoms with Crippen LogP contribution in [0.5, 0.6) is 0 Å². The van der Waals surface area contributed by atoms with Gasteiger partial charge in [0.15, 0.2) is 4.60 Å². The van der Waals surface area contributed by atoms with E-state index >= 15 is 0 Å². The number of benzene rings is 1. The van der Waals surface area contributed by atoms with Crippen molar-refractivity contribution in [3.05, 3.63) is 34.4 Å². The summed E-state index contributed by atoms with van der Waals surface area (Å²) in [5, 5.41) is 7.21. The van der Waals surface area contributed by atoms with E-state index in [1.807, 2.05) is 0 Å². The lowest BCUT2D eigenvalue weighted by atomic mass is 10.2. The molecule has 0 aliphatic carbocycles. The molecule has 3 N–H and O–H groups in total. The van der Waals surface area contributed by atoms with Crippen molar-refractivity contribution in [3.63, 3.8) is 0 Å². The molecule has 0 radical (unpaired) electrons. The summed E-state index contributed by atoms with van der Waals surface area (Å²) in [4.78, 5) is 0.248. The van der Waals surface area contributed by atoms with E-state index in [2.05, 4.69) is 31.0 Å². The lowest BCUT2D eigenvalue weighted by Gasteiger charge is -2.08. The van der Waals surface area contributed by atoms with Crippen molar-refractivity contribution in [3.8, 4) is 0 Å². The van der Waals surface area contributed by atoms with E-state index in [-0.39, 0.29) is 14.6 Å². The molecule has 0 saturated heterocycles. The van der Waals surface area contributed by atoms with Crippen LogP contribution in [0.15, 0.2) is 33.9 Å². The third-order valence-corrected chi connectivity index (χ3v) is 4.92. The van der Waals surface area contributed by atoms with Crippen molar-refractivity contribution in [1.82, 2.24) is 15.0 Å². The number of rotatable bonds is 4.